The van der Waals surface area contributed by atoms with Gasteiger partial charge in [-0.3, -0.25) is 4.79 Å². The highest BCUT2D eigenvalue weighted by molar-refractivity contribution is 6.31. The number of amides is 1. The smallest absolute Gasteiger partial charge is 0.223 e. The summed E-state index contributed by atoms with van der Waals surface area (Å²) in [6, 6.07) is 4.33. The topological polar surface area (TPSA) is 55.1 Å². The minimum atomic E-state index is -0.348. The van der Waals surface area contributed by atoms with Crippen molar-refractivity contribution in [2.45, 2.75) is 25.7 Å². The third-order valence-electron chi connectivity index (χ3n) is 4.01. The van der Waals surface area contributed by atoms with Gasteiger partial charge in [0.2, 0.25) is 5.91 Å². The van der Waals surface area contributed by atoms with Crippen LogP contribution in [0, 0.1) is 17.7 Å². The Morgan fingerprint density at radius 1 is 1.45 bits per heavy atom. The Labute approximate surface area is 123 Å². The van der Waals surface area contributed by atoms with Gasteiger partial charge >= 0.3 is 0 Å². The molecule has 0 radical (unpaired) electrons. The third kappa shape index (κ3) is 3.70. The van der Waals surface area contributed by atoms with Gasteiger partial charge in [0.05, 0.1) is 0 Å². The first-order valence-corrected chi connectivity index (χ1v) is 7.41. The van der Waals surface area contributed by atoms with E-state index in [0.717, 1.165) is 24.8 Å². The molecule has 3 nitrogen and oxygen atoms in total. The molecule has 0 saturated heterocycles. The molecule has 0 heterocycles. The number of nitrogens with one attached hydrogen (secondary N) is 1. The van der Waals surface area contributed by atoms with Crippen molar-refractivity contribution in [2.24, 2.45) is 17.6 Å². The fraction of sp³-hybridized carbons (Fsp3) is 0.533. The van der Waals surface area contributed by atoms with Gasteiger partial charge in [0, 0.05) is 17.5 Å². The first kappa shape index (κ1) is 15.3. The quantitative estimate of drug-likeness (QED) is 0.877. The molecule has 1 saturated carbocycles. The van der Waals surface area contributed by atoms with Gasteiger partial charge in [0.25, 0.3) is 0 Å². The SMILES string of the molecule is NC[C@H]1CCC[C@H]1C(=O)NCCc1ccc(F)cc1Cl. The Morgan fingerprint density at radius 2 is 2.25 bits per heavy atom. The minimum Gasteiger partial charge on any atom is -0.356 e. The molecule has 1 amide bonds. The van der Waals surface area contributed by atoms with Crippen LogP contribution in [0.2, 0.25) is 5.02 Å². The normalized spacial score (nSPS) is 21.9. The van der Waals surface area contributed by atoms with Gasteiger partial charge in [-0.05, 0) is 49.4 Å². The second kappa shape index (κ2) is 7.04. The summed E-state index contributed by atoms with van der Waals surface area (Å²) in [4.78, 5) is 12.1. The zero-order chi connectivity index (χ0) is 14.5. The number of carbonyl (C=O) groups is 1. The number of rotatable bonds is 5. The molecular weight excluding hydrogens is 279 g/mol. The predicted molar refractivity (Wildman–Crippen MR) is 78.0 cm³/mol. The average Bonchev–Trinajstić information content (AvgIpc) is 2.89. The zero-order valence-electron chi connectivity index (χ0n) is 11.4. The van der Waals surface area contributed by atoms with Gasteiger partial charge in [-0.25, -0.2) is 4.39 Å². The molecule has 0 aliphatic heterocycles. The summed E-state index contributed by atoms with van der Waals surface area (Å²) in [5, 5.41) is 3.34. The number of hydrogen-bond acceptors (Lipinski definition) is 2. The fourth-order valence-electron chi connectivity index (χ4n) is 2.84. The Bertz CT molecular complexity index is 481. The van der Waals surface area contributed by atoms with Crippen LogP contribution in [0.5, 0.6) is 0 Å². The highest BCUT2D eigenvalue weighted by atomic mass is 35.5. The lowest BCUT2D eigenvalue weighted by Crippen LogP contribution is -2.36. The Balaban J connectivity index is 1.82. The minimum absolute atomic E-state index is 0.0451. The summed E-state index contributed by atoms with van der Waals surface area (Å²) in [5.74, 6) is 0.0869. The van der Waals surface area contributed by atoms with Gasteiger partial charge in [-0.15, -0.1) is 0 Å². The molecule has 1 aliphatic rings. The molecule has 5 heteroatoms. The van der Waals surface area contributed by atoms with E-state index < -0.39 is 0 Å². The molecular formula is C15H20ClFN2O. The van der Waals surface area contributed by atoms with E-state index in [-0.39, 0.29) is 17.6 Å². The molecule has 3 N–H and O–H groups in total. The van der Waals surface area contributed by atoms with Crippen LogP contribution < -0.4 is 11.1 Å². The van der Waals surface area contributed by atoms with Crippen molar-refractivity contribution in [3.63, 3.8) is 0 Å². The lowest BCUT2D eigenvalue weighted by atomic mass is 9.95. The lowest BCUT2D eigenvalue weighted by molar-refractivity contribution is -0.125. The molecule has 1 aromatic carbocycles. The second-order valence-corrected chi connectivity index (χ2v) is 5.72. The van der Waals surface area contributed by atoms with Gasteiger partial charge in [0.15, 0.2) is 0 Å². The van der Waals surface area contributed by atoms with Crippen LogP contribution in [0.1, 0.15) is 24.8 Å². The Hall–Kier alpha value is -1.13. The molecule has 110 valence electrons. The van der Waals surface area contributed by atoms with Gasteiger partial charge in [-0.2, -0.15) is 0 Å². The largest absolute Gasteiger partial charge is 0.356 e. The molecule has 0 unspecified atom stereocenters. The van der Waals surface area contributed by atoms with Crippen molar-refractivity contribution in [1.82, 2.24) is 5.32 Å². The summed E-state index contributed by atoms with van der Waals surface area (Å²) in [6.45, 7) is 1.08. The fourth-order valence-corrected chi connectivity index (χ4v) is 3.10. The Morgan fingerprint density at radius 3 is 2.95 bits per heavy atom. The van der Waals surface area contributed by atoms with E-state index in [0.29, 0.717) is 30.5 Å². The van der Waals surface area contributed by atoms with Crippen molar-refractivity contribution >= 4 is 17.5 Å². The van der Waals surface area contributed by atoms with Crippen molar-refractivity contribution in [3.8, 4) is 0 Å². The molecule has 1 aromatic rings. The van der Waals surface area contributed by atoms with Gasteiger partial charge < -0.3 is 11.1 Å². The highest BCUT2D eigenvalue weighted by Crippen LogP contribution is 2.30. The standard InChI is InChI=1S/C15H20ClFN2O/c16-14-8-12(17)5-4-10(14)6-7-19-15(20)13-3-1-2-11(13)9-18/h4-5,8,11,13H,1-3,6-7,9,18H2,(H,19,20)/t11-,13-/m1/s1. The maximum absolute atomic E-state index is 12.9. The predicted octanol–water partition coefficient (Wildman–Crippen LogP) is 2.51. The van der Waals surface area contributed by atoms with Crippen LogP contribution in [-0.2, 0) is 11.2 Å². The van der Waals surface area contributed by atoms with Crippen molar-refractivity contribution in [2.75, 3.05) is 13.1 Å². The molecule has 20 heavy (non-hydrogen) atoms. The monoisotopic (exact) mass is 298 g/mol. The number of nitrogens with two attached hydrogens (primary N) is 1. The van der Waals surface area contributed by atoms with E-state index in [1.165, 1.54) is 12.1 Å². The maximum atomic E-state index is 12.9. The van der Waals surface area contributed by atoms with Gasteiger partial charge in [-0.1, -0.05) is 24.1 Å². The summed E-state index contributed by atoms with van der Waals surface area (Å²) in [5.41, 5.74) is 6.53. The van der Waals surface area contributed by atoms with Crippen molar-refractivity contribution < 1.29 is 9.18 Å². The molecule has 2 atom stereocenters. The highest BCUT2D eigenvalue weighted by Gasteiger charge is 2.31. The summed E-state index contributed by atoms with van der Waals surface area (Å²) in [6.07, 6.45) is 3.64. The first-order valence-electron chi connectivity index (χ1n) is 7.03. The van der Waals surface area contributed by atoms with Crippen LogP contribution >= 0.6 is 11.6 Å². The van der Waals surface area contributed by atoms with E-state index in [2.05, 4.69) is 5.32 Å². The zero-order valence-corrected chi connectivity index (χ0v) is 12.1. The lowest BCUT2D eigenvalue weighted by Gasteiger charge is -2.17. The number of benzene rings is 1. The van der Waals surface area contributed by atoms with E-state index in [1.54, 1.807) is 6.07 Å². The molecule has 1 aliphatic carbocycles. The first-order chi connectivity index (χ1) is 9.61. The number of carbonyl (C=O) groups excluding carboxylic acids is 1. The maximum Gasteiger partial charge on any atom is 0.223 e. The van der Waals surface area contributed by atoms with E-state index >= 15 is 0 Å². The average molecular weight is 299 g/mol. The van der Waals surface area contributed by atoms with Crippen molar-refractivity contribution in [1.29, 1.82) is 0 Å². The van der Waals surface area contributed by atoms with Gasteiger partial charge in [0.1, 0.15) is 5.82 Å². The summed E-state index contributed by atoms with van der Waals surface area (Å²) < 4.78 is 12.9. The van der Waals surface area contributed by atoms with E-state index in [1.807, 2.05) is 0 Å². The molecule has 2 rings (SSSR count). The molecule has 0 aromatic heterocycles. The Kier molecular flexibility index (Phi) is 5.38. The van der Waals surface area contributed by atoms with Crippen LogP contribution in [0.25, 0.3) is 0 Å². The number of hydrogen-bond donors (Lipinski definition) is 2. The molecule has 0 bridgehead atoms. The summed E-state index contributed by atoms with van der Waals surface area (Å²) >= 11 is 5.95. The molecule has 1 fully saturated rings. The van der Waals surface area contributed by atoms with Crippen LogP contribution in [0.15, 0.2) is 18.2 Å². The van der Waals surface area contributed by atoms with Crippen LogP contribution in [0.4, 0.5) is 4.39 Å². The summed E-state index contributed by atoms with van der Waals surface area (Å²) in [7, 11) is 0. The third-order valence-corrected chi connectivity index (χ3v) is 4.36. The molecule has 0 spiro atoms. The van der Waals surface area contributed by atoms with E-state index in [4.69, 9.17) is 17.3 Å². The number of halogens is 2. The van der Waals surface area contributed by atoms with Crippen LogP contribution in [0.3, 0.4) is 0 Å². The van der Waals surface area contributed by atoms with Crippen molar-refractivity contribution in [3.05, 3.63) is 34.6 Å². The van der Waals surface area contributed by atoms with E-state index in [9.17, 15) is 9.18 Å². The van der Waals surface area contributed by atoms with Crippen LogP contribution in [-0.4, -0.2) is 19.0 Å². The second-order valence-electron chi connectivity index (χ2n) is 5.31.